The van der Waals surface area contributed by atoms with Crippen LogP contribution in [0.1, 0.15) is 35.6 Å². The lowest BCUT2D eigenvalue weighted by molar-refractivity contribution is -0.137. The van der Waals surface area contributed by atoms with Gasteiger partial charge in [0, 0.05) is 31.0 Å². The summed E-state index contributed by atoms with van der Waals surface area (Å²) in [6.07, 6.45) is -1.60. The highest BCUT2D eigenvalue weighted by atomic mass is 19.4. The number of hydrogen-bond acceptors (Lipinski definition) is 2. The van der Waals surface area contributed by atoms with E-state index in [4.69, 9.17) is 0 Å². The van der Waals surface area contributed by atoms with Gasteiger partial charge in [0.1, 0.15) is 0 Å². The smallest absolute Gasteiger partial charge is 0.385 e. The Morgan fingerprint density at radius 1 is 0.966 bits per heavy atom. The summed E-state index contributed by atoms with van der Waals surface area (Å²) in [7, 11) is 0. The molecule has 1 N–H and O–H groups in total. The number of alkyl halides is 3. The van der Waals surface area contributed by atoms with Gasteiger partial charge in [-0.3, -0.25) is 0 Å². The second-order valence-corrected chi connectivity index (χ2v) is 6.97. The van der Waals surface area contributed by atoms with Gasteiger partial charge in [-0.15, -0.1) is 6.58 Å². The normalized spacial score (nSPS) is 11.0. The van der Waals surface area contributed by atoms with Gasteiger partial charge in [0.2, 0.25) is 0 Å². The minimum absolute atomic E-state index is 0.491. The van der Waals surface area contributed by atoms with E-state index < -0.39 is 11.7 Å². The fraction of sp³-hybridized carbons (Fsp3) is 0.250. The van der Waals surface area contributed by atoms with Crippen LogP contribution in [0.25, 0.3) is 5.70 Å². The van der Waals surface area contributed by atoms with Gasteiger partial charge in [-0.25, -0.2) is 0 Å². The highest BCUT2D eigenvalue weighted by Gasteiger charge is 2.29. The summed E-state index contributed by atoms with van der Waals surface area (Å²) in [6, 6.07) is 13.3. The molecule has 154 valence electrons. The van der Waals surface area contributed by atoms with Gasteiger partial charge in [0.25, 0.3) is 0 Å². The number of nitrogens with one attached hydrogen (secondary N) is 1. The molecule has 0 radical (unpaired) electrons. The molecule has 5 heteroatoms. The first kappa shape index (κ1) is 22.3. The van der Waals surface area contributed by atoms with Crippen LogP contribution < -0.4 is 5.32 Å². The monoisotopic (exact) mass is 400 g/mol. The van der Waals surface area contributed by atoms with Crippen molar-refractivity contribution in [3.8, 4) is 0 Å². The Morgan fingerprint density at radius 3 is 1.93 bits per heavy atom. The summed E-state index contributed by atoms with van der Waals surface area (Å²) in [5.74, 6) is 0. The molecule has 2 nitrogen and oxygen atoms in total. The van der Waals surface area contributed by atoms with Crippen LogP contribution in [0.15, 0.2) is 80.0 Å². The molecule has 0 aliphatic heterocycles. The van der Waals surface area contributed by atoms with Gasteiger partial charge in [-0.05, 0) is 42.2 Å². The van der Waals surface area contributed by atoms with Crippen LogP contribution >= 0.6 is 0 Å². The molecule has 0 spiro atoms. The lowest BCUT2D eigenvalue weighted by atomic mass is 10.1. The van der Waals surface area contributed by atoms with E-state index in [1.54, 1.807) is 0 Å². The first-order valence-corrected chi connectivity index (χ1v) is 9.40. The van der Waals surface area contributed by atoms with E-state index in [9.17, 15) is 13.2 Å². The van der Waals surface area contributed by atoms with Gasteiger partial charge < -0.3 is 10.2 Å². The summed E-state index contributed by atoms with van der Waals surface area (Å²) < 4.78 is 38.2. The predicted molar refractivity (Wildman–Crippen MR) is 114 cm³/mol. The zero-order chi connectivity index (χ0) is 21.4. The standard InChI is InChI=1S/C24H27F3N2/c1-5-6-15-28-19(4)22-11-7-20(8-12-22)16-29(18(2)3)17-21-9-13-23(14-10-21)24(25,26)27/h5,7-14,28H,1-2,4,6,15-17H2,3H3. The first-order chi connectivity index (χ1) is 13.7. The minimum atomic E-state index is -4.32. The topological polar surface area (TPSA) is 15.3 Å². The number of hydrogen-bond donors (Lipinski definition) is 1. The van der Waals surface area contributed by atoms with E-state index in [1.165, 1.54) is 12.1 Å². The third kappa shape index (κ3) is 6.86. The predicted octanol–water partition coefficient (Wildman–Crippen LogP) is 6.38. The zero-order valence-corrected chi connectivity index (χ0v) is 16.7. The number of rotatable bonds is 10. The number of halogens is 3. The Labute approximate surface area is 171 Å². The van der Waals surface area contributed by atoms with Crippen molar-refractivity contribution >= 4 is 5.70 Å². The molecular formula is C24H27F3N2. The van der Waals surface area contributed by atoms with Crippen molar-refractivity contribution < 1.29 is 13.2 Å². The van der Waals surface area contributed by atoms with Crippen molar-refractivity contribution in [1.82, 2.24) is 10.2 Å². The molecule has 2 aromatic carbocycles. The molecule has 0 fully saturated rings. The van der Waals surface area contributed by atoms with Gasteiger partial charge >= 0.3 is 6.18 Å². The molecular weight excluding hydrogens is 373 g/mol. The fourth-order valence-electron chi connectivity index (χ4n) is 2.80. The fourth-order valence-corrected chi connectivity index (χ4v) is 2.80. The van der Waals surface area contributed by atoms with Crippen LogP contribution in [-0.4, -0.2) is 11.4 Å². The van der Waals surface area contributed by atoms with E-state index >= 15 is 0 Å². The zero-order valence-electron chi connectivity index (χ0n) is 16.7. The van der Waals surface area contributed by atoms with E-state index in [1.807, 2.05) is 42.2 Å². The number of benzene rings is 2. The Balaban J connectivity index is 2.02. The van der Waals surface area contributed by atoms with Gasteiger partial charge in [-0.1, -0.05) is 55.6 Å². The molecule has 0 aliphatic carbocycles. The van der Waals surface area contributed by atoms with Crippen LogP contribution in [0.2, 0.25) is 0 Å². The molecule has 2 rings (SSSR count). The minimum Gasteiger partial charge on any atom is -0.385 e. The van der Waals surface area contributed by atoms with Crippen molar-refractivity contribution in [2.75, 3.05) is 6.54 Å². The highest BCUT2D eigenvalue weighted by molar-refractivity contribution is 5.61. The van der Waals surface area contributed by atoms with E-state index in [2.05, 4.69) is 25.1 Å². The molecule has 0 amide bonds. The molecule has 0 heterocycles. The Hall–Kier alpha value is -2.95. The summed E-state index contributed by atoms with van der Waals surface area (Å²) in [4.78, 5) is 2.04. The molecule has 2 aromatic rings. The van der Waals surface area contributed by atoms with Crippen LogP contribution in [0, 0.1) is 0 Å². The van der Waals surface area contributed by atoms with E-state index in [0.717, 1.165) is 53.2 Å². The summed E-state index contributed by atoms with van der Waals surface area (Å²) in [5.41, 5.74) is 3.98. The lowest BCUT2D eigenvalue weighted by Crippen LogP contribution is -2.20. The SMILES string of the molecule is C=CCCNC(=C)c1ccc(CN(Cc2ccc(C(F)(F)F)cc2)C(=C)C)cc1. The summed E-state index contributed by atoms with van der Waals surface area (Å²) in [5, 5.41) is 3.26. The Kier molecular flexibility index (Phi) is 7.71. The van der Waals surface area contributed by atoms with Crippen molar-refractivity contribution in [2.24, 2.45) is 0 Å². The van der Waals surface area contributed by atoms with Crippen molar-refractivity contribution in [3.05, 3.63) is 102 Å². The molecule has 0 aliphatic rings. The maximum atomic E-state index is 12.7. The maximum absolute atomic E-state index is 12.7. The average molecular weight is 400 g/mol. The van der Waals surface area contributed by atoms with Crippen LogP contribution in [0.4, 0.5) is 13.2 Å². The van der Waals surface area contributed by atoms with Crippen LogP contribution in [0.5, 0.6) is 0 Å². The molecule has 0 bridgehead atoms. The first-order valence-electron chi connectivity index (χ1n) is 9.40. The molecule has 29 heavy (non-hydrogen) atoms. The number of nitrogens with zero attached hydrogens (tertiary/aromatic N) is 1. The largest absolute Gasteiger partial charge is 0.416 e. The maximum Gasteiger partial charge on any atom is 0.416 e. The second kappa shape index (κ2) is 10.0. The lowest BCUT2D eigenvalue weighted by Gasteiger charge is -2.25. The van der Waals surface area contributed by atoms with E-state index in [0.29, 0.717) is 13.1 Å². The third-order valence-electron chi connectivity index (χ3n) is 4.56. The van der Waals surface area contributed by atoms with Crippen LogP contribution in [-0.2, 0) is 19.3 Å². The quantitative estimate of drug-likeness (QED) is 0.368. The molecule has 0 saturated carbocycles. The van der Waals surface area contributed by atoms with Crippen molar-refractivity contribution in [3.63, 3.8) is 0 Å². The second-order valence-electron chi connectivity index (χ2n) is 6.97. The summed E-state index contributed by atoms with van der Waals surface area (Å²) in [6.45, 7) is 15.5. The molecule has 0 aromatic heterocycles. The van der Waals surface area contributed by atoms with Crippen molar-refractivity contribution in [2.45, 2.75) is 32.6 Å². The molecule has 0 saturated heterocycles. The molecule has 0 unspecified atom stereocenters. The summed E-state index contributed by atoms with van der Waals surface area (Å²) >= 11 is 0. The highest BCUT2D eigenvalue weighted by Crippen LogP contribution is 2.29. The van der Waals surface area contributed by atoms with E-state index in [-0.39, 0.29) is 0 Å². The van der Waals surface area contributed by atoms with Crippen LogP contribution in [0.3, 0.4) is 0 Å². The molecule has 0 atom stereocenters. The van der Waals surface area contributed by atoms with Crippen molar-refractivity contribution in [1.29, 1.82) is 0 Å². The van der Waals surface area contributed by atoms with Gasteiger partial charge in [0.05, 0.1) is 5.56 Å². The van der Waals surface area contributed by atoms with Gasteiger partial charge in [-0.2, -0.15) is 13.2 Å². The Morgan fingerprint density at radius 2 is 1.48 bits per heavy atom. The Bertz CT molecular complexity index is 834. The third-order valence-corrected chi connectivity index (χ3v) is 4.56. The average Bonchev–Trinajstić information content (AvgIpc) is 2.67. The number of allylic oxidation sites excluding steroid dienone is 1. The van der Waals surface area contributed by atoms with Gasteiger partial charge in [0.15, 0.2) is 0 Å².